The summed E-state index contributed by atoms with van der Waals surface area (Å²) in [4.78, 5) is 10.9. The van der Waals surface area contributed by atoms with Crippen molar-refractivity contribution < 1.29 is 4.79 Å². The van der Waals surface area contributed by atoms with Crippen LogP contribution in [0.1, 0.15) is 18.5 Å². The second-order valence-corrected chi connectivity index (χ2v) is 3.27. The standard InChI is InChI=1S/C9H11NOS/c1-3-9(11)10-7(2)8-4-5-12-6-8/h3-7H,1H2,2H3,(H,10,11)/t7-/m0/s1. The first-order valence-electron chi connectivity index (χ1n) is 3.69. The highest BCUT2D eigenvalue weighted by molar-refractivity contribution is 7.07. The van der Waals surface area contributed by atoms with Crippen LogP contribution < -0.4 is 5.32 Å². The smallest absolute Gasteiger partial charge is 0.243 e. The zero-order valence-corrected chi connectivity index (χ0v) is 7.73. The van der Waals surface area contributed by atoms with E-state index in [9.17, 15) is 4.79 Å². The highest BCUT2D eigenvalue weighted by Gasteiger charge is 2.06. The molecule has 0 unspecified atom stereocenters. The Balaban J connectivity index is 2.55. The molecular weight excluding hydrogens is 170 g/mol. The largest absolute Gasteiger partial charge is 0.346 e. The summed E-state index contributed by atoms with van der Waals surface area (Å²) < 4.78 is 0. The lowest BCUT2D eigenvalue weighted by Crippen LogP contribution is -2.23. The normalized spacial score (nSPS) is 12.1. The minimum absolute atomic E-state index is 0.0711. The van der Waals surface area contributed by atoms with Crippen LogP contribution in [-0.2, 0) is 4.79 Å². The van der Waals surface area contributed by atoms with E-state index in [0.29, 0.717) is 0 Å². The van der Waals surface area contributed by atoms with Gasteiger partial charge in [-0.3, -0.25) is 4.79 Å². The van der Waals surface area contributed by atoms with Crippen molar-refractivity contribution in [2.75, 3.05) is 0 Å². The Hall–Kier alpha value is -1.09. The van der Waals surface area contributed by atoms with E-state index in [-0.39, 0.29) is 11.9 Å². The minimum atomic E-state index is -0.131. The molecule has 0 saturated heterocycles. The van der Waals surface area contributed by atoms with E-state index in [1.165, 1.54) is 6.08 Å². The van der Waals surface area contributed by atoms with Crippen molar-refractivity contribution in [2.45, 2.75) is 13.0 Å². The molecular formula is C9H11NOS. The number of hydrogen-bond donors (Lipinski definition) is 1. The van der Waals surface area contributed by atoms with Crippen LogP contribution in [0.4, 0.5) is 0 Å². The van der Waals surface area contributed by atoms with Crippen molar-refractivity contribution >= 4 is 17.2 Å². The molecule has 1 aromatic rings. The van der Waals surface area contributed by atoms with Gasteiger partial charge in [0.1, 0.15) is 0 Å². The van der Waals surface area contributed by atoms with Crippen molar-refractivity contribution in [2.24, 2.45) is 0 Å². The molecule has 0 spiro atoms. The van der Waals surface area contributed by atoms with E-state index >= 15 is 0 Å². The molecule has 1 atom stereocenters. The van der Waals surface area contributed by atoms with Gasteiger partial charge < -0.3 is 5.32 Å². The van der Waals surface area contributed by atoms with Crippen LogP contribution in [0, 0.1) is 0 Å². The zero-order chi connectivity index (χ0) is 8.97. The van der Waals surface area contributed by atoms with Crippen molar-refractivity contribution in [1.82, 2.24) is 5.32 Å². The average molecular weight is 181 g/mol. The van der Waals surface area contributed by atoms with Gasteiger partial charge in [-0.25, -0.2) is 0 Å². The summed E-state index contributed by atoms with van der Waals surface area (Å²) in [5, 5.41) is 6.80. The first-order chi connectivity index (χ1) is 5.74. The Kier molecular flexibility index (Phi) is 3.05. The predicted molar refractivity (Wildman–Crippen MR) is 51.1 cm³/mol. The van der Waals surface area contributed by atoms with E-state index in [1.807, 2.05) is 23.8 Å². The quantitative estimate of drug-likeness (QED) is 0.711. The number of amides is 1. The molecule has 1 rings (SSSR count). The number of carbonyl (C=O) groups excluding carboxylic acids is 1. The van der Waals surface area contributed by atoms with Gasteiger partial charge in [0.2, 0.25) is 5.91 Å². The van der Waals surface area contributed by atoms with Gasteiger partial charge in [0.15, 0.2) is 0 Å². The molecule has 1 N–H and O–H groups in total. The van der Waals surface area contributed by atoms with Crippen molar-refractivity contribution in [3.63, 3.8) is 0 Å². The second-order valence-electron chi connectivity index (χ2n) is 2.49. The molecule has 64 valence electrons. The first-order valence-corrected chi connectivity index (χ1v) is 4.63. The molecule has 1 aromatic heterocycles. The third-order valence-electron chi connectivity index (χ3n) is 1.59. The third kappa shape index (κ3) is 2.20. The van der Waals surface area contributed by atoms with Gasteiger partial charge in [0.05, 0.1) is 6.04 Å². The first kappa shape index (κ1) is 9.00. The molecule has 1 amide bonds. The van der Waals surface area contributed by atoms with Crippen LogP contribution in [0.5, 0.6) is 0 Å². The topological polar surface area (TPSA) is 29.1 Å². The fourth-order valence-corrected chi connectivity index (χ4v) is 1.63. The summed E-state index contributed by atoms with van der Waals surface area (Å²) in [6.45, 7) is 5.33. The molecule has 2 nitrogen and oxygen atoms in total. The number of hydrogen-bond acceptors (Lipinski definition) is 2. The molecule has 3 heteroatoms. The molecule has 0 fully saturated rings. The van der Waals surface area contributed by atoms with Gasteiger partial charge >= 0.3 is 0 Å². The highest BCUT2D eigenvalue weighted by atomic mass is 32.1. The molecule has 12 heavy (non-hydrogen) atoms. The van der Waals surface area contributed by atoms with Gasteiger partial charge in [-0.05, 0) is 35.4 Å². The van der Waals surface area contributed by atoms with Crippen molar-refractivity contribution in [3.05, 3.63) is 35.0 Å². The van der Waals surface area contributed by atoms with E-state index < -0.39 is 0 Å². The lowest BCUT2D eigenvalue weighted by atomic mass is 10.2. The van der Waals surface area contributed by atoms with Crippen LogP contribution in [0.2, 0.25) is 0 Å². The Bertz CT molecular complexity index is 266. The number of thiophene rings is 1. The third-order valence-corrected chi connectivity index (χ3v) is 2.29. The van der Waals surface area contributed by atoms with Gasteiger partial charge in [-0.2, -0.15) is 11.3 Å². The summed E-state index contributed by atoms with van der Waals surface area (Å²) in [5.41, 5.74) is 1.13. The van der Waals surface area contributed by atoms with E-state index in [4.69, 9.17) is 0 Å². The highest BCUT2D eigenvalue weighted by Crippen LogP contribution is 2.14. The lowest BCUT2D eigenvalue weighted by molar-refractivity contribution is -0.117. The minimum Gasteiger partial charge on any atom is -0.346 e. The fourth-order valence-electron chi connectivity index (χ4n) is 0.877. The average Bonchev–Trinajstić information content (AvgIpc) is 2.56. The lowest BCUT2D eigenvalue weighted by Gasteiger charge is -2.09. The van der Waals surface area contributed by atoms with Crippen LogP contribution in [-0.4, -0.2) is 5.91 Å². The Morgan fingerprint density at radius 1 is 1.83 bits per heavy atom. The molecule has 0 bridgehead atoms. The van der Waals surface area contributed by atoms with Crippen LogP contribution in [0.3, 0.4) is 0 Å². The summed E-state index contributed by atoms with van der Waals surface area (Å²) in [6.07, 6.45) is 1.28. The van der Waals surface area contributed by atoms with Gasteiger partial charge in [0, 0.05) is 0 Å². The molecule has 0 saturated carbocycles. The molecule has 0 aromatic carbocycles. The zero-order valence-electron chi connectivity index (χ0n) is 6.91. The number of carbonyl (C=O) groups is 1. The Labute approximate surface area is 75.9 Å². The molecule has 0 aliphatic rings. The van der Waals surface area contributed by atoms with Crippen molar-refractivity contribution in [1.29, 1.82) is 0 Å². The maximum atomic E-state index is 10.9. The molecule has 0 aliphatic carbocycles. The van der Waals surface area contributed by atoms with Crippen LogP contribution >= 0.6 is 11.3 Å². The van der Waals surface area contributed by atoms with Crippen molar-refractivity contribution in [3.8, 4) is 0 Å². The van der Waals surface area contributed by atoms with Gasteiger partial charge in [-0.1, -0.05) is 6.58 Å². The second kappa shape index (κ2) is 4.07. The summed E-state index contributed by atoms with van der Waals surface area (Å²) in [5.74, 6) is -0.131. The predicted octanol–water partition coefficient (Wildman–Crippen LogP) is 2.11. The monoisotopic (exact) mass is 181 g/mol. The maximum absolute atomic E-state index is 10.9. The van der Waals surface area contributed by atoms with E-state index in [0.717, 1.165) is 5.56 Å². The Morgan fingerprint density at radius 3 is 3.08 bits per heavy atom. The number of rotatable bonds is 3. The summed E-state index contributed by atoms with van der Waals surface area (Å²) in [7, 11) is 0. The summed E-state index contributed by atoms with van der Waals surface area (Å²) in [6, 6.07) is 2.07. The molecule has 0 aliphatic heterocycles. The van der Waals surface area contributed by atoms with E-state index in [1.54, 1.807) is 11.3 Å². The maximum Gasteiger partial charge on any atom is 0.243 e. The molecule has 0 radical (unpaired) electrons. The van der Waals surface area contributed by atoms with Crippen LogP contribution in [0.25, 0.3) is 0 Å². The van der Waals surface area contributed by atoms with Gasteiger partial charge in [0.25, 0.3) is 0 Å². The SMILES string of the molecule is C=CC(=O)N[C@@H](C)c1ccsc1. The van der Waals surface area contributed by atoms with Gasteiger partial charge in [-0.15, -0.1) is 0 Å². The molecule has 1 heterocycles. The number of nitrogens with one attached hydrogen (secondary N) is 1. The Morgan fingerprint density at radius 2 is 2.58 bits per heavy atom. The summed E-state index contributed by atoms with van der Waals surface area (Å²) >= 11 is 1.63. The fraction of sp³-hybridized carbons (Fsp3) is 0.222. The van der Waals surface area contributed by atoms with E-state index in [2.05, 4.69) is 11.9 Å². The van der Waals surface area contributed by atoms with Crippen LogP contribution in [0.15, 0.2) is 29.5 Å².